The summed E-state index contributed by atoms with van der Waals surface area (Å²) in [6.45, 7) is 0.533. The molecule has 0 unspecified atom stereocenters. The van der Waals surface area contributed by atoms with Crippen molar-refractivity contribution in [3.8, 4) is 6.07 Å². The molecule has 0 fully saturated rings. The van der Waals surface area contributed by atoms with Gasteiger partial charge in [0.05, 0.1) is 23.9 Å². The molecule has 0 atom stereocenters. The van der Waals surface area contributed by atoms with Crippen LogP contribution in [-0.2, 0) is 11.3 Å². The molecule has 1 amide bonds. The van der Waals surface area contributed by atoms with Crippen molar-refractivity contribution in [3.05, 3.63) is 47.0 Å². The van der Waals surface area contributed by atoms with E-state index in [1.54, 1.807) is 17.2 Å². The van der Waals surface area contributed by atoms with E-state index in [-0.39, 0.29) is 5.91 Å². The van der Waals surface area contributed by atoms with Gasteiger partial charge in [0.25, 0.3) is 0 Å². The summed E-state index contributed by atoms with van der Waals surface area (Å²) in [7, 11) is 0. The van der Waals surface area contributed by atoms with Gasteiger partial charge in [0.15, 0.2) is 0 Å². The minimum atomic E-state index is 0.106. The van der Waals surface area contributed by atoms with Crippen LogP contribution in [0.5, 0.6) is 0 Å². The van der Waals surface area contributed by atoms with Crippen molar-refractivity contribution in [2.75, 3.05) is 5.75 Å². The van der Waals surface area contributed by atoms with Gasteiger partial charge in [0, 0.05) is 6.20 Å². The quantitative estimate of drug-likeness (QED) is 0.781. The van der Waals surface area contributed by atoms with Crippen LogP contribution >= 0.6 is 11.8 Å². The van der Waals surface area contributed by atoms with E-state index in [9.17, 15) is 4.79 Å². The van der Waals surface area contributed by atoms with E-state index >= 15 is 0 Å². The first-order valence-electron chi connectivity index (χ1n) is 4.86. The van der Waals surface area contributed by atoms with Crippen molar-refractivity contribution in [1.29, 1.82) is 5.26 Å². The van der Waals surface area contributed by atoms with Gasteiger partial charge in [0.2, 0.25) is 5.91 Å². The third-order valence-electron chi connectivity index (χ3n) is 2.27. The molecule has 0 saturated carbocycles. The van der Waals surface area contributed by atoms with Crippen LogP contribution in [0.3, 0.4) is 0 Å². The molecule has 80 valence electrons. The highest BCUT2D eigenvalue weighted by Crippen LogP contribution is 2.15. The van der Waals surface area contributed by atoms with Crippen LogP contribution in [0.1, 0.15) is 11.1 Å². The van der Waals surface area contributed by atoms with Crippen molar-refractivity contribution in [2.24, 2.45) is 0 Å². The zero-order valence-electron chi connectivity index (χ0n) is 8.59. The van der Waals surface area contributed by atoms with Crippen LogP contribution < -0.4 is 0 Å². The smallest absolute Gasteiger partial charge is 0.237 e. The fourth-order valence-electron chi connectivity index (χ4n) is 1.48. The van der Waals surface area contributed by atoms with Crippen LogP contribution in [-0.4, -0.2) is 16.6 Å². The average molecular weight is 230 g/mol. The topological polar surface area (TPSA) is 44.1 Å². The number of carbonyl (C=O) groups excluding carboxylic acids is 1. The molecule has 0 aromatic heterocycles. The molecule has 3 nitrogen and oxygen atoms in total. The van der Waals surface area contributed by atoms with Gasteiger partial charge in [0.1, 0.15) is 0 Å². The van der Waals surface area contributed by atoms with Gasteiger partial charge in [-0.05, 0) is 23.1 Å². The highest BCUT2D eigenvalue weighted by atomic mass is 32.2. The van der Waals surface area contributed by atoms with Gasteiger partial charge in [-0.25, -0.2) is 0 Å². The molecule has 1 aromatic rings. The summed E-state index contributed by atoms with van der Waals surface area (Å²) in [5.74, 6) is 0.601. The number of rotatable bonds is 2. The first kappa shape index (κ1) is 10.8. The fraction of sp³-hybridized carbons (Fsp3) is 0.167. The molecule has 1 aromatic carbocycles. The molecule has 16 heavy (non-hydrogen) atoms. The lowest BCUT2D eigenvalue weighted by Gasteiger charge is -2.21. The molecule has 1 aliphatic rings. The zero-order chi connectivity index (χ0) is 11.4. The van der Waals surface area contributed by atoms with E-state index < -0.39 is 0 Å². The van der Waals surface area contributed by atoms with Crippen molar-refractivity contribution in [3.63, 3.8) is 0 Å². The first-order valence-corrected chi connectivity index (χ1v) is 5.91. The van der Waals surface area contributed by atoms with Crippen LogP contribution in [0.25, 0.3) is 0 Å². The molecule has 1 heterocycles. The predicted octanol–water partition coefficient (Wildman–Crippen LogP) is 2.10. The monoisotopic (exact) mass is 230 g/mol. The summed E-state index contributed by atoms with van der Waals surface area (Å²) in [5.41, 5.74) is 1.60. The highest BCUT2D eigenvalue weighted by molar-refractivity contribution is 8.02. The Kier molecular flexibility index (Phi) is 3.28. The molecule has 0 spiro atoms. The molecule has 0 bridgehead atoms. The van der Waals surface area contributed by atoms with Crippen molar-refractivity contribution >= 4 is 17.7 Å². The third-order valence-corrected chi connectivity index (χ3v) is 3.00. The Hall–Kier alpha value is -1.73. The minimum Gasteiger partial charge on any atom is -0.313 e. The van der Waals surface area contributed by atoms with Crippen LogP contribution in [0.15, 0.2) is 35.9 Å². The summed E-state index contributed by atoms with van der Waals surface area (Å²) in [6.07, 6.45) is 1.79. The standard InChI is InChI=1S/C12H10N2OS/c13-7-10-2-1-3-11(6-10)8-14-4-5-16-9-12(14)15/h1-6H,8-9H2. The summed E-state index contributed by atoms with van der Waals surface area (Å²) in [4.78, 5) is 13.2. The maximum Gasteiger partial charge on any atom is 0.237 e. The first-order chi connectivity index (χ1) is 7.79. The van der Waals surface area contributed by atoms with E-state index in [1.165, 1.54) is 11.8 Å². The molecular formula is C12H10N2OS. The van der Waals surface area contributed by atoms with E-state index in [4.69, 9.17) is 5.26 Å². The second kappa shape index (κ2) is 4.86. The molecule has 4 heteroatoms. The van der Waals surface area contributed by atoms with Gasteiger partial charge in [-0.1, -0.05) is 12.1 Å². The molecule has 2 rings (SSSR count). The minimum absolute atomic E-state index is 0.106. The van der Waals surface area contributed by atoms with E-state index in [0.717, 1.165) is 5.56 Å². The second-order valence-electron chi connectivity index (χ2n) is 3.43. The van der Waals surface area contributed by atoms with Gasteiger partial charge in [-0.2, -0.15) is 5.26 Å². The second-order valence-corrected chi connectivity index (χ2v) is 4.32. The molecule has 0 saturated heterocycles. The maximum absolute atomic E-state index is 11.5. The van der Waals surface area contributed by atoms with E-state index in [2.05, 4.69) is 6.07 Å². The summed E-state index contributed by atoms with van der Waals surface area (Å²) < 4.78 is 0. The van der Waals surface area contributed by atoms with E-state index in [1.807, 2.05) is 23.6 Å². The maximum atomic E-state index is 11.5. The zero-order valence-corrected chi connectivity index (χ0v) is 9.41. The largest absolute Gasteiger partial charge is 0.313 e. The Balaban J connectivity index is 2.14. The average Bonchev–Trinajstić information content (AvgIpc) is 2.32. The lowest BCUT2D eigenvalue weighted by atomic mass is 10.1. The SMILES string of the molecule is N#Cc1cccc(CN2C=CSCC2=O)c1. The number of nitriles is 1. The van der Waals surface area contributed by atoms with Gasteiger partial charge >= 0.3 is 0 Å². The number of hydrogen-bond acceptors (Lipinski definition) is 3. The van der Waals surface area contributed by atoms with Gasteiger partial charge in [-0.3, -0.25) is 4.79 Å². The van der Waals surface area contributed by atoms with Gasteiger partial charge in [-0.15, -0.1) is 11.8 Å². The Morgan fingerprint density at radius 1 is 1.50 bits per heavy atom. The van der Waals surface area contributed by atoms with Crippen molar-refractivity contribution < 1.29 is 4.79 Å². The number of benzene rings is 1. The van der Waals surface area contributed by atoms with Crippen LogP contribution in [0, 0.1) is 11.3 Å². The fourth-order valence-corrected chi connectivity index (χ4v) is 2.12. The Morgan fingerprint density at radius 3 is 3.12 bits per heavy atom. The van der Waals surface area contributed by atoms with E-state index in [0.29, 0.717) is 17.9 Å². The number of nitrogens with zero attached hydrogens (tertiary/aromatic N) is 2. The predicted molar refractivity (Wildman–Crippen MR) is 63.3 cm³/mol. The van der Waals surface area contributed by atoms with Crippen molar-refractivity contribution in [2.45, 2.75) is 6.54 Å². The number of carbonyl (C=O) groups is 1. The normalized spacial score (nSPS) is 14.9. The third kappa shape index (κ3) is 2.44. The van der Waals surface area contributed by atoms with Crippen LogP contribution in [0.4, 0.5) is 0 Å². The summed E-state index contributed by atoms with van der Waals surface area (Å²) in [6, 6.07) is 9.41. The number of thioether (sulfide) groups is 1. The summed E-state index contributed by atoms with van der Waals surface area (Å²) in [5, 5.41) is 10.7. The van der Waals surface area contributed by atoms with Gasteiger partial charge < -0.3 is 4.90 Å². The Morgan fingerprint density at radius 2 is 2.38 bits per heavy atom. The lowest BCUT2D eigenvalue weighted by molar-refractivity contribution is -0.126. The molecule has 0 N–H and O–H groups in total. The van der Waals surface area contributed by atoms with Crippen molar-refractivity contribution in [1.82, 2.24) is 4.90 Å². The molecule has 0 aliphatic carbocycles. The molecule has 1 aliphatic heterocycles. The Labute approximate surface area is 98.4 Å². The summed E-state index contributed by atoms with van der Waals surface area (Å²) >= 11 is 1.50. The molecular weight excluding hydrogens is 220 g/mol. The molecule has 0 radical (unpaired) electrons. The number of hydrogen-bond donors (Lipinski definition) is 0. The lowest BCUT2D eigenvalue weighted by Crippen LogP contribution is -2.28. The number of amides is 1. The Bertz CT molecular complexity index is 476. The van der Waals surface area contributed by atoms with Crippen LogP contribution in [0.2, 0.25) is 0 Å². The highest BCUT2D eigenvalue weighted by Gasteiger charge is 2.14.